The Morgan fingerprint density at radius 2 is 2.21 bits per heavy atom. The topological polar surface area (TPSA) is 53.4 Å². The molecule has 2 aliphatic heterocycles. The van der Waals surface area contributed by atoms with Crippen LogP contribution >= 0.6 is 11.6 Å². The van der Waals surface area contributed by atoms with Gasteiger partial charge in [0.15, 0.2) is 0 Å². The van der Waals surface area contributed by atoms with Crippen molar-refractivity contribution in [3.05, 3.63) is 62.7 Å². The van der Waals surface area contributed by atoms with Gasteiger partial charge < -0.3 is 9.47 Å². The van der Waals surface area contributed by atoms with Crippen LogP contribution in [0.2, 0.25) is 5.02 Å². The summed E-state index contributed by atoms with van der Waals surface area (Å²) in [5.74, 6) is 2.43. The minimum Gasteiger partial charge on any atom is -0.493 e. The highest BCUT2D eigenvalue weighted by Crippen LogP contribution is 2.38. The van der Waals surface area contributed by atoms with Crippen LogP contribution in [0.3, 0.4) is 0 Å². The number of benzene rings is 2. The molecule has 5 nitrogen and oxygen atoms in total. The zero-order chi connectivity index (χ0) is 20.1. The zero-order valence-corrected chi connectivity index (χ0v) is 17.1. The maximum absolute atomic E-state index is 12.9. The molecule has 0 spiro atoms. The van der Waals surface area contributed by atoms with Crippen molar-refractivity contribution in [2.75, 3.05) is 6.61 Å². The Kier molecular flexibility index (Phi) is 4.36. The molecule has 0 amide bonds. The van der Waals surface area contributed by atoms with Gasteiger partial charge in [0.05, 0.1) is 17.5 Å². The summed E-state index contributed by atoms with van der Waals surface area (Å²) in [6, 6.07) is 9.32. The number of hydrogen-bond acceptors (Lipinski definition) is 4. The van der Waals surface area contributed by atoms with Crippen molar-refractivity contribution in [3.63, 3.8) is 0 Å². The van der Waals surface area contributed by atoms with E-state index in [1.807, 2.05) is 13.0 Å². The molecule has 0 N–H and O–H groups in total. The first-order valence-electron chi connectivity index (χ1n) is 9.91. The van der Waals surface area contributed by atoms with Crippen molar-refractivity contribution < 1.29 is 9.47 Å². The van der Waals surface area contributed by atoms with Gasteiger partial charge in [-0.2, -0.15) is 0 Å². The van der Waals surface area contributed by atoms with Crippen LogP contribution < -0.4 is 15.0 Å². The van der Waals surface area contributed by atoms with E-state index in [-0.39, 0.29) is 11.7 Å². The lowest BCUT2D eigenvalue weighted by molar-refractivity contribution is 0.254. The van der Waals surface area contributed by atoms with Crippen LogP contribution in [0.4, 0.5) is 0 Å². The molecule has 2 aliphatic rings. The Labute approximate surface area is 173 Å². The molecule has 0 radical (unpaired) electrons. The van der Waals surface area contributed by atoms with Gasteiger partial charge in [0, 0.05) is 29.1 Å². The van der Waals surface area contributed by atoms with Gasteiger partial charge in [0.1, 0.15) is 23.4 Å². The minimum absolute atomic E-state index is 0.0267. The van der Waals surface area contributed by atoms with Gasteiger partial charge in [-0.15, -0.1) is 0 Å². The highest BCUT2D eigenvalue weighted by atomic mass is 35.5. The van der Waals surface area contributed by atoms with Gasteiger partial charge in [0.25, 0.3) is 5.56 Å². The summed E-state index contributed by atoms with van der Waals surface area (Å²) < 4.78 is 13.6. The lowest BCUT2D eigenvalue weighted by atomic mass is 10.0. The number of hydrogen-bond donors (Lipinski definition) is 0. The normalized spacial score (nSPS) is 18.7. The van der Waals surface area contributed by atoms with Crippen molar-refractivity contribution in [2.24, 2.45) is 0 Å². The standard InChI is InChI=1S/C23H21ClN2O3/c1-3-28-20-10-15-8-13(2)29-21(15)11-16(20)9-14-6-7-26-22(14)25-19-12-17(24)4-5-18(19)23(26)27/h4-5,9-13H,3,6-8H2,1-2H3/b14-9+. The molecule has 29 heavy (non-hydrogen) atoms. The second-order valence-electron chi connectivity index (χ2n) is 7.54. The van der Waals surface area contributed by atoms with E-state index >= 15 is 0 Å². The van der Waals surface area contributed by atoms with Crippen LogP contribution in [0.15, 0.2) is 35.1 Å². The molecule has 0 saturated carbocycles. The maximum Gasteiger partial charge on any atom is 0.261 e. The van der Waals surface area contributed by atoms with Crippen LogP contribution in [0.1, 0.15) is 37.2 Å². The molecule has 2 aromatic carbocycles. The van der Waals surface area contributed by atoms with Crippen molar-refractivity contribution >= 4 is 34.2 Å². The Morgan fingerprint density at radius 3 is 3.03 bits per heavy atom. The third-order valence-electron chi connectivity index (χ3n) is 5.47. The summed E-state index contributed by atoms with van der Waals surface area (Å²) in [5, 5.41) is 1.16. The zero-order valence-electron chi connectivity index (χ0n) is 16.4. The molecule has 148 valence electrons. The fourth-order valence-corrected chi connectivity index (χ4v) is 4.33. The maximum atomic E-state index is 12.9. The Balaban J connectivity index is 1.65. The van der Waals surface area contributed by atoms with Crippen LogP contribution in [-0.2, 0) is 13.0 Å². The van der Waals surface area contributed by atoms with Gasteiger partial charge in [-0.1, -0.05) is 11.6 Å². The molecule has 3 aromatic rings. The number of rotatable bonds is 3. The molecule has 6 heteroatoms. The Hall–Kier alpha value is -2.79. The van der Waals surface area contributed by atoms with Gasteiger partial charge in [0.2, 0.25) is 0 Å². The van der Waals surface area contributed by atoms with E-state index < -0.39 is 0 Å². The Bertz CT molecular complexity index is 1230. The molecule has 0 saturated heterocycles. The molecule has 1 atom stereocenters. The summed E-state index contributed by atoms with van der Waals surface area (Å²) in [5.41, 5.74) is 3.73. The molecule has 0 aliphatic carbocycles. The predicted octanol–water partition coefficient (Wildman–Crippen LogP) is 4.72. The van der Waals surface area contributed by atoms with Gasteiger partial charge in [-0.05, 0) is 62.2 Å². The lowest BCUT2D eigenvalue weighted by Gasteiger charge is -2.11. The van der Waals surface area contributed by atoms with E-state index in [1.165, 1.54) is 5.56 Å². The summed E-state index contributed by atoms with van der Waals surface area (Å²) in [6.45, 7) is 5.25. The number of nitrogens with zero attached hydrogens (tertiary/aromatic N) is 2. The van der Waals surface area contributed by atoms with Crippen LogP contribution in [-0.4, -0.2) is 22.3 Å². The molecule has 3 heterocycles. The largest absolute Gasteiger partial charge is 0.493 e. The minimum atomic E-state index is -0.0267. The molecule has 1 unspecified atom stereocenters. The van der Waals surface area contributed by atoms with E-state index in [4.69, 9.17) is 26.1 Å². The summed E-state index contributed by atoms with van der Waals surface area (Å²) in [7, 11) is 0. The van der Waals surface area contributed by atoms with Gasteiger partial charge in [-0.25, -0.2) is 4.98 Å². The second-order valence-corrected chi connectivity index (χ2v) is 7.97. The quantitative estimate of drug-likeness (QED) is 0.629. The summed E-state index contributed by atoms with van der Waals surface area (Å²) in [4.78, 5) is 17.6. The number of ether oxygens (including phenoxy) is 2. The van der Waals surface area contributed by atoms with Crippen LogP contribution in [0, 0.1) is 0 Å². The van der Waals surface area contributed by atoms with E-state index in [9.17, 15) is 4.79 Å². The SMILES string of the molecule is CCOc1cc2c(cc1/C=C1\CCn3c1nc1cc(Cl)ccc1c3=O)OC(C)C2. The number of halogens is 1. The highest BCUT2D eigenvalue weighted by Gasteiger charge is 2.24. The van der Waals surface area contributed by atoms with E-state index in [0.29, 0.717) is 34.9 Å². The van der Waals surface area contributed by atoms with Crippen molar-refractivity contribution in [2.45, 2.75) is 39.3 Å². The average Bonchev–Trinajstić information content (AvgIpc) is 3.24. The van der Waals surface area contributed by atoms with Crippen molar-refractivity contribution in [1.29, 1.82) is 0 Å². The monoisotopic (exact) mass is 408 g/mol. The summed E-state index contributed by atoms with van der Waals surface area (Å²) >= 11 is 6.12. The number of aromatic nitrogens is 2. The number of fused-ring (bicyclic) bond motifs is 3. The van der Waals surface area contributed by atoms with Gasteiger partial charge >= 0.3 is 0 Å². The van der Waals surface area contributed by atoms with Gasteiger partial charge in [-0.3, -0.25) is 9.36 Å². The number of allylic oxidation sites excluding steroid dienone is 1. The highest BCUT2D eigenvalue weighted by molar-refractivity contribution is 6.31. The first-order valence-corrected chi connectivity index (χ1v) is 10.3. The smallest absolute Gasteiger partial charge is 0.261 e. The predicted molar refractivity (Wildman–Crippen MR) is 115 cm³/mol. The average molecular weight is 409 g/mol. The van der Waals surface area contributed by atoms with E-state index in [0.717, 1.165) is 35.5 Å². The molecule has 1 aromatic heterocycles. The lowest BCUT2D eigenvalue weighted by Crippen LogP contribution is -2.20. The molecular formula is C23H21ClN2O3. The van der Waals surface area contributed by atoms with Crippen LogP contribution in [0.5, 0.6) is 11.5 Å². The van der Waals surface area contributed by atoms with Crippen molar-refractivity contribution in [3.8, 4) is 11.5 Å². The second kappa shape index (κ2) is 6.92. The van der Waals surface area contributed by atoms with E-state index in [2.05, 4.69) is 19.1 Å². The third-order valence-corrected chi connectivity index (χ3v) is 5.70. The third kappa shape index (κ3) is 3.10. The van der Waals surface area contributed by atoms with Crippen LogP contribution in [0.25, 0.3) is 22.6 Å². The van der Waals surface area contributed by atoms with E-state index in [1.54, 1.807) is 22.8 Å². The Morgan fingerprint density at radius 1 is 1.34 bits per heavy atom. The molecule has 5 rings (SSSR count). The summed E-state index contributed by atoms with van der Waals surface area (Å²) in [6.07, 6.45) is 3.87. The fraction of sp³-hybridized carbons (Fsp3) is 0.304. The van der Waals surface area contributed by atoms with Crippen molar-refractivity contribution in [1.82, 2.24) is 9.55 Å². The molecular weight excluding hydrogens is 388 g/mol. The first-order chi connectivity index (χ1) is 14.0. The molecule has 0 bridgehead atoms. The first kappa shape index (κ1) is 18.3. The molecule has 0 fully saturated rings. The fourth-order valence-electron chi connectivity index (χ4n) is 4.16.